The molecule has 194 valence electrons. The molecule has 2 fully saturated rings. The lowest BCUT2D eigenvalue weighted by atomic mass is 10.1. The molecular weight excluding hydrogens is 498 g/mol. The molecule has 9 heteroatoms. The van der Waals surface area contributed by atoms with Crippen LogP contribution in [0.3, 0.4) is 0 Å². The minimum absolute atomic E-state index is 0. The van der Waals surface area contributed by atoms with E-state index in [0.29, 0.717) is 24.3 Å². The van der Waals surface area contributed by atoms with Gasteiger partial charge in [0.25, 0.3) is 5.91 Å². The fraction of sp³-hybridized carbons (Fsp3) is 0.444. The third kappa shape index (κ3) is 6.22. The van der Waals surface area contributed by atoms with Crippen molar-refractivity contribution < 1.29 is 17.9 Å². The zero-order valence-corrected chi connectivity index (χ0v) is 22.3. The monoisotopic (exact) mass is 531 g/mol. The number of amides is 1. The van der Waals surface area contributed by atoms with E-state index in [1.165, 1.54) is 12.8 Å². The molecule has 36 heavy (non-hydrogen) atoms. The Morgan fingerprint density at radius 1 is 1.06 bits per heavy atom. The summed E-state index contributed by atoms with van der Waals surface area (Å²) in [4.78, 5) is 12.8. The number of carbonyl (C=O) groups is 1. The number of sulfone groups is 1. The van der Waals surface area contributed by atoms with E-state index in [0.717, 1.165) is 34.6 Å². The Morgan fingerprint density at radius 2 is 1.75 bits per heavy atom. The van der Waals surface area contributed by atoms with Gasteiger partial charge in [0.05, 0.1) is 18.1 Å². The van der Waals surface area contributed by atoms with Gasteiger partial charge in [0.2, 0.25) is 0 Å². The molecule has 1 unspecified atom stereocenters. The number of rotatable bonds is 8. The fourth-order valence-corrected chi connectivity index (χ4v) is 6.26. The number of nitrogens with zero attached hydrogens (tertiary/aromatic N) is 1. The number of benzene rings is 2. The van der Waals surface area contributed by atoms with Crippen LogP contribution >= 0.6 is 12.4 Å². The molecular formula is C27H34ClN3O4S. The highest BCUT2D eigenvalue weighted by atomic mass is 35.5. The van der Waals surface area contributed by atoms with Gasteiger partial charge in [-0.2, -0.15) is 0 Å². The van der Waals surface area contributed by atoms with Crippen molar-refractivity contribution >= 4 is 44.7 Å². The predicted octanol–water partition coefficient (Wildman–Crippen LogP) is 4.87. The topological polar surface area (TPSA) is 89.4 Å². The Balaban J connectivity index is 0.00000304. The lowest BCUT2D eigenvalue weighted by Crippen LogP contribution is -2.39. The number of nitrogens with one attached hydrogen (secondary N) is 2. The van der Waals surface area contributed by atoms with Crippen molar-refractivity contribution in [1.29, 1.82) is 0 Å². The molecule has 0 radical (unpaired) electrons. The van der Waals surface area contributed by atoms with Crippen molar-refractivity contribution in [2.45, 2.75) is 44.7 Å². The maximum atomic E-state index is 12.8. The fourth-order valence-electron chi connectivity index (χ4n) is 4.76. The van der Waals surface area contributed by atoms with Crippen LogP contribution in [0.2, 0.25) is 0 Å². The van der Waals surface area contributed by atoms with Crippen molar-refractivity contribution in [2.24, 2.45) is 13.0 Å². The molecule has 1 saturated heterocycles. The molecule has 1 aliphatic heterocycles. The quantitative estimate of drug-likeness (QED) is 0.433. The van der Waals surface area contributed by atoms with Crippen LogP contribution in [0.1, 0.15) is 54.7 Å². The Morgan fingerprint density at radius 3 is 2.42 bits per heavy atom. The summed E-state index contributed by atoms with van der Waals surface area (Å²) in [5.41, 5.74) is 3.53. The summed E-state index contributed by atoms with van der Waals surface area (Å²) in [5, 5.41) is 7.65. The van der Waals surface area contributed by atoms with Gasteiger partial charge in [-0.15, -0.1) is 12.4 Å². The molecule has 2 N–H and O–H groups in total. The molecule has 3 aromatic rings. The van der Waals surface area contributed by atoms with Crippen molar-refractivity contribution in [3.8, 4) is 5.75 Å². The summed E-state index contributed by atoms with van der Waals surface area (Å²) < 4.78 is 31.3. The molecule has 0 bridgehead atoms. The number of aryl methyl sites for hydroxylation is 1. The molecule has 1 amide bonds. The van der Waals surface area contributed by atoms with E-state index in [1.54, 1.807) is 12.1 Å². The van der Waals surface area contributed by atoms with Crippen molar-refractivity contribution in [1.82, 2.24) is 9.88 Å². The van der Waals surface area contributed by atoms with Crippen LogP contribution in [-0.4, -0.2) is 43.0 Å². The van der Waals surface area contributed by atoms with Gasteiger partial charge in [-0.1, -0.05) is 0 Å². The van der Waals surface area contributed by atoms with Crippen LogP contribution < -0.4 is 15.4 Å². The summed E-state index contributed by atoms with van der Waals surface area (Å²) in [7, 11) is -0.837. The first-order chi connectivity index (χ1) is 16.8. The average Bonchev–Trinajstić information content (AvgIpc) is 3.61. The number of hydrogen-bond acceptors (Lipinski definition) is 5. The second-order valence-corrected chi connectivity index (χ2v) is 12.3. The second-order valence-electron chi connectivity index (χ2n) is 9.95. The van der Waals surface area contributed by atoms with Gasteiger partial charge >= 0.3 is 0 Å². The van der Waals surface area contributed by atoms with Gasteiger partial charge in [0, 0.05) is 47.0 Å². The van der Waals surface area contributed by atoms with Gasteiger partial charge in [0.1, 0.15) is 15.6 Å². The van der Waals surface area contributed by atoms with Crippen LogP contribution in [0.25, 0.3) is 10.9 Å². The molecule has 2 aliphatic rings. The highest BCUT2D eigenvalue weighted by Gasteiger charge is 2.25. The minimum atomic E-state index is -2.87. The van der Waals surface area contributed by atoms with Gasteiger partial charge in [-0.3, -0.25) is 4.79 Å². The van der Waals surface area contributed by atoms with Gasteiger partial charge in [-0.25, -0.2) is 8.42 Å². The minimum Gasteiger partial charge on any atom is -0.493 e. The summed E-state index contributed by atoms with van der Waals surface area (Å²) in [6, 6.07) is 15.6. The molecule has 5 rings (SSSR count). The number of halogens is 1. The van der Waals surface area contributed by atoms with Crippen LogP contribution in [0.4, 0.5) is 5.69 Å². The number of aromatic nitrogens is 1. The van der Waals surface area contributed by atoms with Crippen LogP contribution in [0, 0.1) is 5.92 Å². The third-order valence-corrected chi connectivity index (χ3v) is 8.84. The maximum Gasteiger partial charge on any atom is 0.255 e. The molecule has 1 aromatic heterocycles. The largest absolute Gasteiger partial charge is 0.493 e. The zero-order chi connectivity index (χ0) is 24.6. The van der Waals surface area contributed by atoms with Crippen LogP contribution in [0.15, 0.2) is 48.5 Å². The first kappa shape index (κ1) is 26.5. The molecule has 1 saturated carbocycles. The second kappa shape index (κ2) is 10.8. The van der Waals surface area contributed by atoms with Crippen molar-refractivity contribution in [3.05, 3.63) is 59.8 Å². The van der Waals surface area contributed by atoms with Gasteiger partial charge in [0.15, 0.2) is 0 Å². The van der Waals surface area contributed by atoms with Crippen LogP contribution in [0.5, 0.6) is 5.75 Å². The van der Waals surface area contributed by atoms with Crippen LogP contribution in [-0.2, 0) is 16.9 Å². The first-order valence-electron chi connectivity index (χ1n) is 12.4. The normalized spacial score (nSPS) is 18.4. The van der Waals surface area contributed by atoms with E-state index in [2.05, 4.69) is 28.2 Å². The van der Waals surface area contributed by atoms with Gasteiger partial charge < -0.3 is 19.9 Å². The van der Waals surface area contributed by atoms with Crippen molar-refractivity contribution in [3.63, 3.8) is 0 Å². The van der Waals surface area contributed by atoms with E-state index < -0.39 is 9.84 Å². The summed E-state index contributed by atoms with van der Waals surface area (Å²) >= 11 is 0. The lowest BCUT2D eigenvalue weighted by Gasteiger charge is -2.27. The summed E-state index contributed by atoms with van der Waals surface area (Å²) in [6.07, 6.45) is 3.80. The molecule has 1 atom stereocenters. The number of ether oxygens (including phenoxy) is 1. The molecule has 7 nitrogen and oxygen atoms in total. The molecule has 1 aliphatic carbocycles. The molecule has 2 aromatic carbocycles. The maximum absolute atomic E-state index is 12.8. The SMILES string of the molecule is CC(NC1CCS(=O)(=O)CC1)c1cc2cc(NC(=O)c3ccc(OCC4CC4)cc3)ccc2n1C.Cl. The van der Waals surface area contributed by atoms with E-state index in [4.69, 9.17) is 4.74 Å². The van der Waals surface area contributed by atoms with E-state index >= 15 is 0 Å². The Bertz CT molecular complexity index is 1320. The number of fused-ring (bicyclic) bond motifs is 1. The van der Waals surface area contributed by atoms with E-state index in [1.807, 2.05) is 37.4 Å². The summed E-state index contributed by atoms with van der Waals surface area (Å²) in [5.74, 6) is 1.84. The van der Waals surface area contributed by atoms with E-state index in [9.17, 15) is 13.2 Å². The predicted molar refractivity (Wildman–Crippen MR) is 146 cm³/mol. The highest BCUT2D eigenvalue weighted by molar-refractivity contribution is 7.91. The van der Waals surface area contributed by atoms with Gasteiger partial charge in [-0.05, 0) is 87.1 Å². The standard InChI is InChI=1S/C27H33N3O4S.ClH/c1-18(28-22-11-13-35(32,33)14-12-22)26-16-21-15-23(7-10-25(21)30(26)2)29-27(31)20-5-8-24(9-6-20)34-17-19-3-4-19;/h5-10,15-16,18-19,22,28H,3-4,11-14,17H2,1-2H3,(H,29,31);1H. The number of carbonyl (C=O) groups excluding carboxylic acids is 1. The Kier molecular flexibility index (Phi) is 7.97. The van der Waals surface area contributed by atoms with E-state index in [-0.39, 0.29) is 41.9 Å². The molecule has 2 heterocycles. The number of anilines is 1. The smallest absolute Gasteiger partial charge is 0.255 e. The average molecular weight is 532 g/mol. The Labute approximate surface area is 218 Å². The Hall–Kier alpha value is -2.55. The first-order valence-corrected chi connectivity index (χ1v) is 14.2. The lowest BCUT2D eigenvalue weighted by molar-refractivity contribution is 0.102. The number of hydrogen-bond donors (Lipinski definition) is 2. The highest BCUT2D eigenvalue weighted by Crippen LogP contribution is 2.30. The molecule has 0 spiro atoms. The third-order valence-electron chi connectivity index (χ3n) is 7.12. The zero-order valence-electron chi connectivity index (χ0n) is 20.7. The summed E-state index contributed by atoms with van der Waals surface area (Å²) in [6.45, 7) is 2.86. The van der Waals surface area contributed by atoms with Crippen molar-refractivity contribution in [2.75, 3.05) is 23.4 Å².